The molecule has 44 heavy (non-hydrogen) atoms. The molecule has 0 fully saturated rings. The molecule has 0 aliphatic rings. The van der Waals surface area contributed by atoms with Gasteiger partial charge < -0.3 is 10.2 Å². The molecule has 0 saturated heterocycles. The minimum Gasteiger partial charge on any atom is -0.508 e. The lowest BCUT2D eigenvalue weighted by Crippen LogP contribution is -2.06. The van der Waals surface area contributed by atoms with Crippen LogP contribution in [0.3, 0.4) is 0 Å². The third kappa shape index (κ3) is 17.7. The number of hydrogen-bond acceptors (Lipinski definition) is 6. The predicted molar refractivity (Wildman–Crippen MR) is 178 cm³/mol. The molecule has 0 radical (unpaired) electrons. The summed E-state index contributed by atoms with van der Waals surface area (Å²) in [6, 6.07) is 10.9. The lowest BCUT2D eigenvalue weighted by molar-refractivity contribution is -0.122. The molecular formula is C38H56O6. The summed E-state index contributed by atoms with van der Waals surface area (Å²) < 4.78 is 0. The van der Waals surface area contributed by atoms with Crippen molar-refractivity contribution in [3.8, 4) is 11.5 Å². The zero-order valence-corrected chi connectivity index (χ0v) is 28.0. The molecule has 2 aromatic carbocycles. The smallest absolute Gasteiger partial charge is 0.135 e. The molecule has 0 amide bonds. The number of unbranched alkanes of at least 4 members (excludes halogenated alkanes) is 3. The van der Waals surface area contributed by atoms with Crippen molar-refractivity contribution in [2.75, 3.05) is 0 Å². The Morgan fingerprint density at radius 3 is 1.39 bits per heavy atom. The summed E-state index contributed by atoms with van der Waals surface area (Å²) in [4.78, 5) is 46.7. The van der Waals surface area contributed by atoms with Crippen molar-refractivity contribution in [1.29, 1.82) is 0 Å². The van der Waals surface area contributed by atoms with Crippen molar-refractivity contribution in [2.24, 2.45) is 11.8 Å². The number of carbonyl (C=O) groups excluding carboxylic acids is 4. The van der Waals surface area contributed by atoms with Gasteiger partial charge in [-0.25, -0.2) is 0 Å². The number of carbonyl (C=O) groups is 4. The zero-order chi connectivity index (χ0) is 33.1. The lowest BCUT2D eigenvalue weighted by atomic mass is 10.00. The highest BCUT2D eigenvalue weighted by molar-refractivity contribution is 5.80. The molecule has 244 valence electrons. The summed E-state index contributed by atoms with van der Waals surface area (Å²) in [6.07, 6.45) is 9.90. The Bertz CT molecular complexity index is 1190. The number of Topliss-reactive ketones (excluding diaryl/α,β-unsaturated/α-hetero) is 4. The number of ketones is 4. The van der Waals surface area contributed by atoms with Crippen LogP contribution in [0.1, 0.15) is 127 Å². The standard InChI is InChI=1S/2C19H28O3/c1-14(2)12-18(21)7-5-4-6-17(20)10-8-16-9-11-19(22)15(3)13-16;1-14(2)18(21)8-6-4-5-7-17(20)11-9-16-10-12-19(22)15(3)13-16/h9,11,13-14,22H,4-8,10,12H2,1-3H3;10,12-14,22H,4-9,11H2,1-3H3. The highest BCUT2D eigenvalue weighted by Crippen LogP contribution is 2.19. The Morgan fingerprint density at radius 2 is 0.977 bits per heavy atom. The molecule has 0 atom stereocenters. The summed E-state index contributed by atoms with van der Waals surface area (Å²) in [5.41, 5.74) is 3.86. The van der Waals surface area contributed by atoms with Gasteiger partial charge in [0.1, 0.15) is 34.6 Å². The first kappa shape index (κ1) is 38.7. The molecule has 0 saturated carbocycles. The van der Waals surface area contributed by atoms with Crippen LogP contribution in [0.15, 0.2) is 36.4 Å². The van der Waals surface area contributed by atoms with Crippen molar-refractivity contribution in [3.05, 3.63) is 58.7 Å². The van der Waals surface area contributed by atoms with Gasteiger partial charge in [-0.15, -0.1) is 0 Å². The summed E-state index contributed by atoms with van der Waals surface area (Å²) in [5, 5.41) is 18.9. The second-order valence-electron chi connectivity index (χ2n) is 12.8. The maximum atomic E-state index is 11.9. The Labute approximate surface area is 265 Å². The highest BCUT2D eigenvalue weighted by Gasteiger charge is 2.09. The molecule has 2 rings (SSSR count). The van der Waals surface area contributed by atoms with E-state index in [9.17, 15) is 29.4 Å². The summed E-state index contributed by atoms with van der Waals surface area (Å²) in [6.45, 7) is 11.7. The molecule has 0 aliphatic carbocycles. The number of hydrogen-bond donors (Lipinski definition) is 2. The van der Waals surface area contributed by atoms with Gasteiger partial charge in [-0.3, -0.25) is 19.2 Å². The van der Waals surface area contributed by atoms with Gasteiger partial charge >= 0.3 is 0 Å². The Balaban J connectivity index is 0.000000440. The fraction of sp³-hybridized carbons (Fsp3) is 0.579. The van der Waals surface area contributed by atoms with Crippen LogP contribution in [0.2, 0.25) is 0 Å². The molecule has 6 nitrogen and oxygen atoms in total. The third-order valence-electron chi connectivity index (χ3n) is 7.73. The van der Waals surface area contributed by atoms with Crippen molar-refractivity contribution in [3.63, 3.8) is 0 Å². The first-order valence-corrected chi connectivity index (χ1v) is 16.4. The predicted octanol–water partition coefficient (Wildman–Crippen LogP) is 8.76. The van der Waals surface area contributed by atoms with Gasteiger partial charge in [0.15, 0.2) is 0 Å². The summed E-state index contributed by atoms with van der Waals surface area (Å²) in [5.74, 6) is 2.28. The fourth-order valence-corrected chi connectivity index (χ4v) is 4.85. The minimum atomic E-state index is 0.121. The van der Waals surface area contributed by atoms with Crippen LogP contribution in [0.25, 0.3) is 0 Å². The lowest BCUT2D eigenvalue weighted by Gasteiger charge is -2.05. The van der Waals surface area contributed by atoms with E-state index in [4.69, 9.17) is 0 Å². The Hall–Kier alpha value is -3.28. The van der Waals surface area contributed by atoms with Crippen molar-refractivity contribution in [2.45, 2.75) is 131 Å². The number of phenols is 2. The molecule has 0 spiro atoms. The van der Waals surface area contributed by atoms with Crippen LogP contribution >= 0.6 is 0 Å². The van der Waals surface area contributed by atoms with E-state index in [2.05, 4.69) is 0 Å². The van der Waals surface area contributed by atoms with Crippen LogP contribution in [0.4, 0.5) is 0 Å². The average Bonchev–Trinajstić information content (AvgIpc) is 2.96. The Morgan fingerprint density at radius 1 is 0.568 bits per heavy atom. The molecule has 0 aromatic heterocycles. The molecule has 2 aromatic rings. The van der Waals surface area contributed by atoms with Crippen molar-refractivity contribution in [1.82, 2.24) is 0 Å². The number of rotatable bonds is 20. The van der Waals surface area contributed by atoms with Crippen LogP contribution in [0, 0.1) is 25.7 Å². The van der Waals surface area contributed by atoms with E-state index in [1.54, 1.807) is 12.1 Å². The maximum absolute atomic E-state index is 11.9. The maximum Gasteiger partial charge on any atom is 0.135 e. The summed E-state index contributed by atoms with van der Waals surface area (Å²) in [7, 11) is 0. The van der Waals surface area contributed by atoms with Crippen LogP contribution < -0.4 is 0 Å². The van der Waals surface area contributed by atoms with Gasteiger partial charge in [-0.1, -0.05) is 58.4 Å². The van der Waals surface area contributed by atoms with E-state index in [0.29, 0.717) is 80.3 Å². The molecule has 0 bridgehead atoms. The zero-order valence-electron chi connectivity index (χ0n) is 28.0. The minimum absolute atomic E-state index is 0.121. The second kappa shape index (κ2) is 21.4. The molecule has 0 unspecified atom stereocenters. The van der Waals surface area contributed by atoms with Gasteiger partial charge in [0, 0.05) is 50.9 Å². The van der Waals surface area contributed by atoms with Gasteiger partial charge in [-0.2, -0.15) is 0 Å². The van der Waals surface area contributed by atoms with Gasteiger partial charge in [0.05, 0.1) is 0 Å². The van der Waals surface area contributed by atoms with E-state index in [1.807, 2.05) is 65.8 Å². The molecule has 0 aliphatic heterocycles. The number of aryl methyl sites for hydroxylation is 4. The van der Waals surface area contributed by atoms with Crippen LogP contribution in [-0.2, 0) is 32.0 Å². The van der Waals surface area contributed by atoms with E-state index in [1.165, 1.54) is 0 Å². The van der Waals surface area contributed by atoms with E-state index in [-0.39, 0.29) is 17.5 Å². The SMILES string of the molecule is Cc1cc(CCC(=O)CCCCC(=O)CC(C)C)ccc1O.Cc1cc(CCC(=O)CCCCCC(=O)C(C)C)ccc1O. The monoisotopic (exact) mass is 608 g/mol. The van der Waals surface area contributed by atoms with E-state index < -0.39 is 0 Å². The van der Waals surface area contributed by atoms with Gasteiger partial charge in [-0.05, 0) is 92.7 Å². The van der Waals surface area contributed by atoms with E-state index >= 15 is 0 Å². The first-order chi connectivity index (χ1) is 20.8. The molecule has 0 heterocycles. The van der Waals surface area contributed by atoms with Crippen molar-refractivity contribution >= 4 is 23.1 Å². The molecule has 6 heteroatoms. The second-order valence-corrected chi connectivity index (χ2v) is 12.8. The van der Waals surface area contributed by atoms with Crippen LogP contribution in [0.5, 0.6) is 11.5 Å². The van der Waals surface area contributed by atoms with Gasteiger partial charge in [0.2, 0.25) is 0 Å². The fourth-order valence-electron chi connectivity index (χ4n) is 4.85. The average molecular weight is 609 g/mol. The van der Waals surface area contributed by atoms with Gasteiger partial charge in [0.25, 0.3) is 0 Å². The number of benzene rings is 2. The summed E-state index contributed by atoms with van der Waals surface area (Å²) >= 11 is 0. The number of phenolic OH excluding ortho intramolecular Hbond substituents is 2. The van der Waals surface area contributed by atoms with Crippen LogP contribution in [-0.4, -0.2) is 33.3 Å². The Kier molecular flexibility index (Phi) is 18.9. The van der Waals surface area contributed by atoms with E-state index in [0.717, 1.165) is 60.8 Å². The highest BCUT2D eigenvalue weighted by atomic mass is 16.3. The molecular weight excluding hydrogens is 552 g/mol. The molecule has 2 N–H and O–H groups in total. The first-order valence-electron chi connectivity index (χ1n) is 16.4. The van der Waals surface area contributed by atoms with Crippen molar-refractivity contribution < 1.29 is 29.4 Å². The quantitative estimate of drug-likeness (QED) is 0.146. The topological polar surface area (TPSA) is 109 Å². The largest absolute Gasteiger partial charge is 0.508 e. The normalized spacial score (nSPS) is 10.9. The number of aromatic hydroxyl groups is 2. The third-order valence-corrected chi connectivity index (χ3v) is 7.73.